The number of hydrogen-bond donors (Lipinski definition) is 2. The van der Waals surface area contributed by atoms with E-state index < -0.39 is 0 Å². The van der Waals surface area contributed by atoms with Crippen molar-refractivity contribution >= 4 is 11.9 Å². The van der Waals surface area contributed by atoms with Gasteiger partial charge in [0.2, 0.25) is 11.9 Å². The molecule has 1 aliphatic rings. The lowest BCUT2D eigenvalue weighted by Gasteiger charge is -2.39. The van der Waals surface area contributed by atoms with E-state index in [1.165, 1.54) is 10.0 Å². The quantitative estimate of drug-likeness (QED) is 0.396. The Balaban J connectivity index is 2.78. The maximum atomic E-state index is 5.43. The van der Waals surface area contributed by atoms with Gasteiger partial charge in [0.25, 0.3) is 0 Å². The molecular weight excluding hydrogens is 132 g/mol. The van der Waals surface area contributed by atoms with Crippen molar-refractivity contribution in [2.24, 2.45) is 21.7 Å². The van der Waals surface area contributed by atoms with Crippen molar-refractivity contribution in [2.75, 3.05) is 14.1 Å². The molecule has 0 aromatic rings. The van der Waals surface area contributed by atoms with Crippen LogP contribution in [-0.2, 0) is 0 Å². The highest BCUT2D eigenvalue weighted by atomic mass is 15.8. The summed E-state index contributed by atoms with van der Waals surface area (Å²) in [5.74, 6) is 11.9. The number of guanidine groups is 2. The lowest BCUT2D eigenvalue weighted by atomic mass is 10.6. The Morgan fingerprint density at radius 3 is 1.50 bits per heavy atom. The molecule has 56 valence electrons. The van der Waals surface area contributed by atoms with E-state index >= 15 is 0 Å². The Labute approximate surface area is 58.8 Å². The van der Waals surface area contributed by atoms with E-state index in [1.54, 1.807) is 14.1 Å². The minimum absolute atomic E-state index is 0.514. The van der Waals surface area contributed by atoms with Crippen LogP contribution < -0.4 is 11.7 Å². The highest BCUT2D eigenvalue weighted by Crippen LogP contribution is 2.05. The van der Waals surface area contributed by atoms with E-state index in [2.05, 4.69) is 9.98 Å². The fourth-order valence-corrected chi connectivity index (χ4v) is 0.797. The van der Waals surface area contributed by atoms with Crippen LogP contribution in [0.15, 0.2) is 9.98 Å². The summed E-state index contributed by atoms with van der Waals surface area (Å²) in [6.07, 6.45) is 0. The van der Waals surface area contributed by atoms with E-state index in [1.807, 2.05) is 0 Å². The van der Waals surface area contributed by atoms with Gasteiger partial charge in [0.1, 0.15) is 0 Å². The fourth-order valence-electron chi connectivity index (χ4n) is 0.797. The average Bonchev–Trinajstić information content (AvgIpc) is 1.90. The van der Waals surface area contributed by atoms with Crippen LogP contribution in [-0.4, -0.2) is 36.0 Å². The minimum Gasteiger partial charge on any atom is -0.253 e. The molecule has 0 unspecified atom stereocenters. The molecule has 1 aliphatic heterocycles. The number of hydrogen-bond acceptors (Lipinski definition) is 4. The van der Waals surface area contributed by atoms with Gasteiger partial charge in [0, 0.05) is 14.1 Å². The second-order valence-corrected chi connectivity index (χ2v) is 1.79. The van der Waals surface area contributed by atoms with Gasteiger partial charge in [0.05, 0.1) is 0 Å². The lowest BCUT2D eigenvalue weighted by molar-refractivity contribution is 0.382. The Kier molecular flexibility index (Phi) is 1.56. The number of nitrogens with zero attached hydrogens (tertiary/aromatic N) is 4. The molecule has 6 heteroatoms. The molecule has 1 heterocycles. The summed E-state index contributed by atoms with van der Waals surface area (Å²) in [4.78, 5) is 7.58. The Hall–Kier alpha value is -1.14. The van der Waals surface area contributed by atoms with Crippen LogP contribution in [0.25, 0.3) is 0 Å². The van der Waals surface area contributed by atoms with Crippen molar-refractivity contribution in [3.8, 4) is 0 Å². The van der Waals surface area contributed by atoms with Crippen molar-refractivity contribution in [2.45, 2.75) is 0 Å². The van der Waals surface area contributed by atoms with E-state index in [-0.39, 0.29) is 0 Å². The van der Waals surface area contributed by atoms with Gasteiger partial charge in [-0.15, -0.1) is 0 Å². The first-order valence-corrected chi connectivity index (χ1v) is 2.75. The first-order valence-electron chi connectivity index (χ1n) is 2.75. The molecule has 0 bridgehead atoms. The molecule has 4 N–H and O–H groups in total. The molecule has 0 radical (unpaired) electrons. The molecule has 0 aliphatic carbocycles. The van der Waals surface area contributed by atoms with Gasteiger partial charge in [-0.05, 0) is 0 Å². The zero-order valence-electron chi connectivity index (χ0n) is 5.94. The summed E-state index contributed by atoms with van der Waals surface area (Å²) >= 11 is 0. The first kappa shape index (κ1) is 6.97. The largest absolute Gasteiger partial charge is 0.253 e. The predicted octanol–water partition coefficient (Wildman–Crippen LogP) is -1.68. The van der Waals surface area contributed by atoms with Crippen molar-refractivity contribution in [3.63, 3.8) is 0 Å². The van der Waals surface area contributed by atoms with Crippen LogP contribution in [0.4, 0.5) is 0 Å². The molecule has 0 amide bonds. The topological polar surface area (TPSA) is 83.2 Å². The third kappa shape index (κ3) is 0.662. The van der Waals surface area contributed by atoms with Gasteiger partial charge in [0.15, 0.2) is 0 Å². The Bertz CT molecular complexity index is 160. The van der Waals surface area contributed by atoms with E-state index in [4.69, 9.17) is 11.7 Å². The van der Waals surface area contributed by atoms with Crippen LogP contribution in [0.2, 0.25) is 0 Å². The fraction of sp³-hybridized carbons (Fsp3) is 0.500. The SMILES string of the molecule is CN=C1N(N)C(=NC)N1N. The molecular formula is C4H10N6. The highest BCUT2D eigenvalue weighted by Gasteiger charge is 2.33. The number of rotatable bonds is 0. The Morgan fingerprint density at radius 2 is 1.30 bits per heavy atom. The average molecular weight is 142 g/mol. The molecule has 0 aromatic carbocycles. The van der Waals surface area contributed by atoms with Crippen LogP contribution in [0.5, 0.6) is 0 Å². The first-order chi connectivity index (χ1) is 4.72. The number of nitrogens with two attached hydrogens (primary N) is 2. The molecule has 0 saturated carbocycles. The number of aliphatic imine (C=N–C) groups is 2. The van der Waals surface area contributed by atoms with Crippen molar-refractivity contribution in [1.29, 1.82) is 0 Å². The van der Waals surface area contributed by atoms with Gasteiger partial charge >= 0.3 is 0 Å². The molecule has 1 rings (SSSR count). The summed E-state index contributed by atoms with van der Waals surface area (Å²) < 4.78 is 0. The van der Waals surface area contributed by atoms with Gasteiger partial charge in [-0.1, -0.05) is 0 Å². The lowest BCUT2D eigenvalue weighted by Crippen LogP contribution is -2.71. The molecule has 1 saturated heterocycles. The van der Waals surface area contributed by atoms with Crippen molar-refractivity contribution in [3.05, 3.63) is 0 Å². The van der Waals surface area contributed by atoms with Gasteiger partial charge in [-0.2, -0.15) is 0 Å². The maximum absolute atomic E-state index is 5.43. The number of hydrazine groups is 2. The summed E-state index contributed by atoms with van der Waals surface area (Å²) in [5, 5.41) is 2.64. The van der Waals surface area contributed by atoms with Crippen molar-refractivity contribution < 1.29 is 0 Å². The van der Waals surface area contributed by atoms with Gasteiger partial charge in [-0.25, -0.2) is 21.7 Å². The third-order valence-corrected chi connectivity index (χ3v) is 1.26. The van der Waals surface area contributed by atoms with E-state index in [0.29, 0.717) is 11.9 Å². The summed E-state index contributed by atoms with van der Waals surface area (Å²) in [5.41, 5.74) is 0. The molecule has 0 atom stereocenters. The smallest absolute Gasteiger partial charge is 0.240 e. The third-order valence-electron chi connectivity index (χ3n) is 1.26. The molecule has 1 fully saturated rings. The van der Waals surface area contributed by atoms with E-state index in [0.717, 1.165) is 0 Å². The van der Waals surface area contributed by atoms with Crippen LogP contribution in [0.3, 0.4) is 0 Å². The zero-order valence-corrected chi connectivity index (χ0v) is 5.94. The second-order valence-electron chi connectivity index (χ2n) is 1.79. The monoisotopic (exact) mass is 142 g/mol. The van der Waals surface area contributed by atoms with Crippen LogP contribution >= 0.6 is 0 Å². The normalized spacial score (nSPS) is 17.2. The zero-order chi connectivity index (χ0) is 7.72. The summed E-state index contributed by atoms with van der Waals surface area (Å²) in [7, 11) is 3.23. The highest BCUT2D eigenvalue weighted by molar-refractivity contribution is 6.14. The van der Waals surface area contributed by atoms with Crippen LogP contribution in [0, 0.1) is 0 Å². The molecule has 0 spiro atoms. The summed E-state index contributed by atoms with van der Waals surface area (Å²) in [6.45, 7) is 0. The second kappa shape index (κ2) is 2.24. The maximum Gasteiger partial charge on any atom is 0.240 e. The molecule has 0 aromatic heterocycles. The molecule has 10 heavy (non-hydrogen) atoms. The van der Waals surface area contributed by atoms with Crippen LogP contribution in [0.1, 0.15) is 0 Å². The summed E-state index contributed by atoms with van der Waals surface area (Å²) in [6, 6.07) is 0. The minimum atomic E-state index is 0.514. The van der Waals surface area contributed by atoms with E-state index in [9.17, 15) is 0 Å². The standard InChI is InChI=1S/C4H10N6/c1-7-3-9(5)4(8-2)10(3)6/h5-6H2,1-2H3. The van der Waals surface area contributed by atoms with Gasteiger partial charge < -0.3 is 0 Å². The molecule has 6 nitrogen and oxygen atoms in total. The van der Waals surface area contributed by atoms with Gasteiger partial charge in [-0.3, -0.25) is 9.98 Å². The Morgan fingerprint density at radius 1 is 1.00 bits per heavy atom. The predicted molar refractivity (Wildman–Crippen MR) is 38.8 cm³/mol. The van der Waals surface area contributed by atoms with Crippen molar-refractivity contribution in [1.82, 2.24) is 10.0 Å².